The van der Waals surface area contributed by atoms with Crippen molar-refractivity contribution in [2.24, 2.45) is 44.3 Å². The number of benzene rings is 3. The van der Waals surface area contributed by atoms with Crippen LogP contribution in [0.4, 0.5) is 0 Å². The Hall–Kier alpha value is -4.07. The number of rotatable bonds is 7. The summed E-state index contributed by atoms with van der Waals surface area (Å²) in [5, 5.41) is 26.8. The van der Waals surface area contributed by atoms with Gasteiger partial charge in [0.15, 0.2) is 11.4 Å². The van der Waals surface area contributed by atoms with E-state index in [2.05, 4.69) is 56.3 Å². The van der Waals surface area contributed by atoms with Crippen molar-refractivity contribution in [3.05, 3.63) is 108 Å². The smallest absolute Gasteiger partial charge is 0.313 e. The van der Waals surface area contributed by atoms with Crippen molar-refractivity contribution in [2.75, 3.05) is 6.54 Å². The average molecular weight is 768 g/mol. The van der Waals surface area contributed by atoms with Gasteiger partial charge in [0.2, 0.25) is 0 Å². The zero-order chi connectivity index (χ0) is 40.0. The van der Waals surface area contributed by atoms with Gasteiger partial charge in [0, 0.05) is 39.3 Å². The van der Waals surface area contributed by atoms with E-state index in [0.717, 1.165) is 47.6 Å². The molecule has 10 atom stereocenters. The maximum absolute atomic E-state index is 15.5. The molecule has 8 aliphatic rings. The number of hydrogen-bond acceptors (Lipinski definition) is 6. The molecular weight excluding hydrogens is 711 g/mol. The fraction of sp³-hybridized carbons (Fsp3) is 0.540. The van der Waals surface area contributed by atoms with Gasteiger partial charge in [0.1, 0.15) is 0 Å². The number of nitrogens with zero attached hydrogens (tertiary/aromatic N) is 1. The zero-order valence-corrected chi connectivity index (χ0v) is 34.1. The van der Waals surface area contributed by atoms with Crippen LogP contribution in [-0.4, -0.2) is 56.6 Å². The molecule has 4 bridgehead atoms. The normalized spacial score (nSPS) is 41.9. The lowest BCUT2D eigenvalue weighted by Gasteiger charge is -2.71. The number of amides is 1. The highest BCUT2D eigenvalue weighted by Crippen LogP contribution is 2.78. The molecule has 57 heavy (non-hydrogen) atoms. The second-order valence-electron chi connectivity index (χ2n) is 20.5. The van der Waals surface area contributed by atoms with Crippen LogP contribution in [0.15, 0.2) is 96.6 Å². The van der Waals surface area contributed by atoms with E-state index in [-0.39, 0.29) is 48.0 Å². The molecule has 7 heteroatoms. The van der Waals surface area contributed by atoms with E-state index >= 15 is 4.79 Å². The summed E-state index contributed by atoms with van der Waals surface area (Å²) in [6.45, 7) is 10.9. The van der Waals surface area contributed by atoms with Crippen LogP contribution >= 0.6 is 0 Å². The summed E-state index contributed by atoms with van der Waals surface area (Å²) in [5.74, 6) is -0.403. The Morgan fingerprint density at radius 2 is 1.47 bits per heavy atom. The number of ketones is 1. The first-order chi connectivity index (χ1) is 27.0. The summed E-state index contributed by atoms with van der Waals surface area (Å²) >= 11 is 0. The average Bonchev–Trinajstić information content (AvgIpc) is 3.65. The van der Waals surface area contributed by atoms with Crippen LogP contribution in [0.1, 0.15) is 108 Å². The molecule has 1 unspecified atom stereocenters. The molecule has 1 aliphatic heterocycles. The summed E-state index contributed by atoms with van der Waals surface area (Å²) in [4.78, 5) is 45.8. The lowest BCUT2D eigenvalue weighted by Crippen LogP contribution is -2.67. The number of aliphatic hydroxyl groups excluding tert-OH is 1. The van der Waals surface area contributed by atoms with Gasteiger partial charge in [-0.2, -0.15) is 0 Å². The SMILES string of the molecule is CC1(C)[C@@]2(C)CC[C@]1(C(=O)N(Cc1cccc3ccccc13)C[C@]1(O)CC[C@H]3[C@]45C=C[C@@]6(C=C4C(=O)c4ccccc4)CC(O)CC[C@]6(C)[C@H]5CC[C@@]31C)OC2=O. The molecule has 2 N–H and O–H groups in total. The first-order valence-corrected chi connectivity index (χ1v) is 21.4. The number of carbonyl (C=O) groups is 3. The van der Waals surface area contributed by atoms with Gasteiger partial charge in [0.05, 0.1) is 23.7 Å². The lowest BCUT2D eigenvalue weighted by atomic mass is 9.32. The molecule has 1 amide bonds. The zero-order valence-electron chi connectivity index (χ0n) is 34.1. The summed E-state index contributed by atoms with van der Waals surface area (Å²) in [5.41, 5.74) is -3.47. The van der Waals surface area contributed by atoms with Crippen LogP contribution < -0.4 is 0 Å². The minimum atomic E-state index is -1.33. The van der Waals surface area contributed by atoms with Gasteiger partial charge in [-0.3, -0.25) is 14.4 Å². The van der Waals surface area contributed by atoms with Crippen LogP contribution in [0.25, 0.3) is 10.8 Å². The van der Waals surface area contributed by atoms with E-state index in [1.807, 2.05) is 74.2 Å². The molecule has 3 aromatic carbocycles. The van der Waals surface area contributed by atoms with Crippen LogP contribution in [0.2, 0.25) is 0 Å². The highest BCUT2D eigenvalue weighted by atomic mass is 16.6. The van der Waals surface area contributed by atoms with Gasteiger partial charge in [-0.05, 0) is 98.3 Å². The minimum absolute atomic E-state index is 0.0348. The number of fused-ring (bicyclic) bond motifs is 4. The van der Waals surface area contributed by atoms with Gasteiger partial charge < -0.3 is 19.8 Å². The molecule has 11 rings (SSSR count). The summed E-state index contributed by atoms with van der Waals surface area (Å²) in [6.07, 6.45) is 12.6. The van der Waals surface area contributed by atoms with E-state index in [9.17, 15) is 19.8 Å². The molecule has 0 radical (unpaired) electrons. The van der Waals surface area contributed by atoms with E-state index in [1.165, 1.54) is 0 Å². The predicted octanol–water partition coefficient (Wildman–Crippen LogP) is 8.76. The number of Topliss-reactive ketones (excluding diaryl/α,β-unsaturated/α-hetero) is 1. The third kappa shape index (κ3) is 4.43. The van der Waals surface area contributed by atoms with Crippen molar-refractivity contribution < 1.29 is 29.3 Å². The summed E-state index contributed by atoms with van der Waals surface area (Å²) in [7, 11) is 0. The van der Waals surface area contributed by atoms with E-state index in [4.69, 9.17) is 4.74 Å². The molecule has 1 heterocycles. The quantitative estimate of drug-likeness (QED) is 0.142. The first-order valence-electron chi connectivity index (χ1n) is 21.4. The molecule has 7 nitrogen and oxygen atoms in total. The Morgan fingerprint density at radius 3 is 2.21 bits per heavy atom. The van der Waals surface area contributed by atoms with Gasteiger partial charge in [-0.25, -0.2) is 0 Å². The number of hydrogen-bond donors (Lipinski definition) is 2. The van der Waals surface area contributed by atoms with E-state index in [1.54, 1.807) is 0 Å². The monoisotopic (exact) mass is 767 g/mol. The van der Waals surface area contributed by atoms with Gasteiger partial charge >= 0.3 is 5.97 Å². The lowest BCUT2D eigenvalue weighted by molar-refractivity contribution is -0.187. The Balaban J connectivity index is 1.08. The minimum Gasteiger partial charge on any atom is -0.448 e. The Kier molecular flexibility index (Phi) is 7.69. The Bertz CT molecular complexity index is 2290. The van der Waals surface area contributed by atoms with Crippen molar-refractivity contribution in [3.63, 3.8) is 0 Å². The summed E-state index contributed by atoms with van der Waals surface area (Å²) in [6, 6.07) is 23.9. The number of carbonyl (C=O) groups excluding carboxylic acids is 3. The highest BCUT2D eigenvalue weighted by molar-refractivity contribution is 6.10. The number of allylic oxidation sites excluding steroid dienone is 4. The predicted molar refractivity (Wildman–Crippen MR) is 219 cm³/mol. The van der Waals surface area contributed by atoms with Crippen molar-refractivity contribution in [2.45, 2.75) is 116 Å². The first kappa shape index (κ1) is 37.2. The van der Waals surface area contributed by atoms with Crippen LogP contribution in [0.3, 0.4) is 0 Å². The van der Waals surface area contributed by atoms with Gasteiger partial charge in [0.25, 0.3) is 5.91 Å². The van der Waals surface area contributed by atoms with E-state index in [0.29, 0.717) is 37.7 Å². The molecule has 7 aliphatic carbocycles. The molecule has 0 aromatic heterocycles. The molecule has 5 fully saturated rings. The standard InChI is InChI=1S/C50H57NO6/c1-43(2)46(5)24-27-50(43,57-42(46)55)41(54)51(30-34-16-11-15-32-12-9-10-17-36(32)34)31-48(56)23-20-39-45(48,4)22-19-38-44(3)21-18-35(52)28-47(44)25-26-49(38,39)37(29-47)40(53)33-13-7-6-8-14-33/h6-17,25-26,29,35,38-39,52,56H,18-24,27-28,30-31H2,1-5H3/t35?,38-,39-,44-,45+,46+,47+,48-,49-,50-/m1/s1. The number of aliphatic hydroxyl groups is 2. The van der Waals surface area contributed by atoms with Gasteiger partial charge in [-0.1, -0.05) is 119 Å². The largest absolute Gasteiger partial charge is 0.448 e. The summed E-state index contributed by atoms with van der Waals surface area (Å²) < 4.78 is 6.24. The molecule has 298 valence electrons. The Morgan fingerprint density at radius 1 is 0.789 bits per heavy atom. The molecule has 3 aromatic rings. The van der Waals surface area contributed by atoms with Gasteiger partial charge in [-0.15, -0.1) is 0 Å². The fourth-order valence-electron chi connectivity index (χ4n) is 14.5. The molecular formula is C50H57NO6. The third-order valence-corrected chi connectivity index (χ3v) is 18.4. The van der Waals surface area contributed by atoms with Crippen LogP contribution in [-0.2, 0) is 20.9 Å². The van der Waals surface area contributed by atoms with Crippen LogP contribution in [0.5, 0.6) is 0 Å². The van der Waals surface area contributed by atoms with Crippen molar-refractivity contribution in [3.8, 4) is 0 Å². The topological polar surface area (TPSA) is 104 Å². The number of esters is 1. The molecule has 1 saturated heterocycles. The van der Waals surface area contributed by atoms with Crippen LogP contribution in [0, 0.1) is 44.3 Å². The second-order valence-corrected chi connectivity index (χ2v) is 20.5. The fourth-order valence-corrected chi connectivity index (χ4v) is 14.5. The second kappa shape index (κ2) is 11.8. The van der Waals surface area contributed by atoms with E-state index < -0.39 is 44.4 Å². The number of ether oxygens (including phenoxy) is 1. The van der Waals surface area contributed by atoms with Crippen molar-refractivity contribution in [1.82, 2.24) is 4.90 Å². The van der Waals surface area contributed by atoms with Crippen molar-refractivity contribution >= 4 is 28.4 Å². The molecule has 4 saturated carbocycles. The molecule has 2 spiro atoms. The third-order valence-electron chi connectivity index (χ3n) is 18.4. The highest BCUT2D eigenvalue weighted by Gasteiger charge is 2.78. The Labute approximate surface area is 336 Å². The maximum Gasteiger partial charge on any atom is 0.313 e. The van der Waals surface area contributed by atoms with Crippen molar-refractivity contribution in [1.29, 1.82) is 0 Å². The maximum atomic E-state index is 15.5.